The van der Waals surface area contributed by atoms with Gasteiger partial charge < -0.3 is 0 Å². The second-order valence-corrected chi connectivity index (χ2v) is 4.28. The number of rotatable bonds is 3. The molecular formula is C8H13N3O2S. The Hall–Kier alpha value is -1.04. The lowest BCUT2D eigenvalue weighted by atomic mass is 10.4. The predicted octanol–water partition coefficient (Wildman–Crippen LogP) is 0.624. The first kappa shape index (κ1) is 11.0. The third-order valence-electron chi connectivity index (χ3n) is 1.63. The van der Waals surface area contributed by atoms with E-state index in [1.54, 1.807) is 13.8 Å². The van der Waals surface area contributed by atoms with Crippen LogP contribution in [-0.2, 0) is 0 Å². The minimum absolute atomic E-state index is 0.167. The number of aromatic nitrogens is 3. The van der Waals surface area contributed by atoms with Crippen molar-refractivity contribution in [3.05, 3.63) is 21.0 Å². The minimum Gasteiger partial charge on any atom is -0.286 e. The zero-order valence-corrected chi connectivity index (χ0v) is 9.22. The molecule has 0 saturated carbocycles. The summed E-state index contributed by atoms with van der Waals surface area (Å²) in [6.07, 6.45) is 0. The number of nitrogens with zero attached hydrogens (tertiary/aromatic N) is 2. The van der Waals surface area contributed by atoms with Gasteiger partial charge >= 0.3 is 11.4 Å². The topological polar surface area (TPSA) is 67.8 Å². The molecule has 14 heavy (non-hydrogen) atoms. The Morgan fingerprint density at radius 1 is 1.50 bits per heavy atom. The molecule has 0 bridgehead atoms. The van der Waals surface area contributed by atoms with Gasteiger partial charge in [-0.25, -0.2) is 14.2 Å². The highest BCUT2D eigenvalue weighted by Gasteiger charge is 2.08. The normalized spacial score (nSPS) is 10.9. The Kier molecular flexibility index (Phi) is 3.51. The Morgan fingerprint density at radius 2 is 2.14 bits per heavy atom. The van der Waals surface area contributed by atoms with Gasteiger partial charge in [0.15, 0.2) is 5.16 Å². The first-order chi connectivity index (χ1) is 6.56. The van der Waals surface area contributed by atoms with Crippen LogP contribution in [0.2, 0.25) is 0 Å². The third-order valence-corrected chi connectivity index (χ3v) is 2.39. The van der Waals surface area contributed by atoms with Gasteiger partial charge in [-0.3, -0.25) is 4.98 Å². The van der Waals surface area contributed by atoms with Crippen molar-refractivity contribution >= 4 is 11.8 Å². The highest BCUT2D eigenvalue weighted by Crippen LogP contribution is 2.07. The van der Waals surface area contributed by atoms with Crippen LogP contribution in [-0.4, -0.2) is 20.3 Å². The molecule has 0 fully saturated rings. The number of nitrogens with one attached hydrogen (secondary N) is 1. The van der Waals surface area contributed by atoms with Crippen LogP contribution in [0.25, 0.3) is 0 Å². The summed E-state index contributed by atoms with van der Waals surface area (Å²) in [6.45, 7) is 5.47. The summed E-state index contributed by atoms with van der Waals surface area (Å²) in [5.74, 6) is 0.772. The minimum atomic E-state index is -0.486. The third kappa shape index (κ3) is 2.25. The molecule has 0 saturated heterocycles. The zero-order chi connectivity index (χ0) is 10.7. The van der Waals surface area contributed by atoms with Crippen molar-refractivity contribution in [1.29, 1.82) is 0 Å². The highest BCUT2D eigenvalue weighted by molar-refractivity contribution is 7.99. The van der Waals surface area contributed by atoms with Crippen LogP contribution in [0.4, 0.5) is 0 Å². The van der Waals surface area contributed by atoms with Crippen LogP contribution in [0.15, 0.2) is 14.7 Å². The maximum atomic E-state index is 11.4. The van der Waals surface area contributed by atoms with E-state index in [9.17, 15) is 9.59 Å². The lowest BCUT2D eigenvalue weighted by molar-refractivity contribution is 0.514. The number of H-pyrrole nitrogens is 1. The fourth-order valence-corrected chi connectivity index (χ4v) is 1.64. The van der Waals surface area contributed by atoms with E-state index in [0.717, 1.165) is 10.3 Å². The lowest BCUT2D eigenvalue weighted by Gasteiger charge is -2.07. The van der Waals surface area contributed by atoms with E-state index in [1.807, 2.05) is 6.92 Å². The summed E-state index contributed by atoms with van der Waals surface area (Å²) in [7, 11) is 0. The molecule has 0 unspecified atom stereocenters. The van der Waals surface area contributed by atoms with E-state index in [-0.39, 0.29) is 6.04 Å². The fraction of sp³-hybridized carbons (Fsp3) is 0.625. The summed E-state index contributed by atoms with van der Waals surface area (Å²) in [5, 5.41) is 0.388. The summed E-state index contributed by atoms with van der Waals surface area (Å²) in [6, 6.07) is -0.167. The molecule has 5 nitrogen and oxygen atoms in total. The van der Waals surface area contributed by atoms with Gasteiger partial charge in [0, 0.05) is 6.04 Å². The van der Waals surface area contributed by atoms with Crippen LogP contribution in [0.5, 0.6) is 0 Å². The van der Waals surface area contributed by atoms with E-state index in [0.29, 0.717) is 5.16 Å². The number of thioether (sulfide) groups is 1. The smallest absolute Gasteiger partial charge is 0.286 e. The van der Waals surface area contributed by atoms with Gasteiger partial charge in [0.1, 0.15) is 0 Å². The SMILES string of the molecule is CCSc1nc(=O)n(C(C)C)c(=O)[nH]1. The molecule has 0 aliphatic rings. The quantitative estimate of drug-likeness (QED) is 0.751. The molecule has 0 aliphatic carbocycles. The maximum absolute atomic E-state index is 11.4. The first-order valence-electron chi connectivity index (χ1n) is 4.42. The molecule has 6 heteroatoms. The van der Waals surface area contributed by atoms with Gasteiger partial charge in [0.2, 0.25) is 0 Å². The molecule has 0 aromatic carbocycles. The van der Waals surface area contributed by atoms with Crippen molar-refractivity contribution in [3.63, 3.8) is 0 Å². The summed E-state index contributed by atoms with van der Waals surface area (Å²) in [5.41, 5.74) is -0.879. The second kappa shape index (κ2) is 4.45. The second-order valence-electron chi connectivity index (χ2n) is 3.03. The van der Waals surface area contributed by atoms with E-state index in [1.165, 1.54) is 11.8 Å². The highest BCUT2D eigenvalue weighted by atomic mass is 32.2. The van der Waals surface area contributed by atoms with E-state index in [4.69, 9.17) is 0 Å². The molecule has 0 radical (unpaired) electrons. The molecule has 0 aliphatic heterocycles. The van der Waals surface area contributed by atoms with Gasteiger partial charge in [-0.05, 0) is 19.6 Å². The van der Waals surface area contributed by atoms with Gasteiger partial charge in [0.25, 0.3) is 0 Å². The molecule has 1 heterocycles. The Bertz CT molecular complexity index is 390. The average Bonchev–Trinajstić information content (AvgIpc) is 2.01. The molecule has 0 amide bonds. The maximum Gasteiger partial charge on any atom is 0.354 e. The van der Waals surface area contributed by atoms with Gasteiger partial charge in [-0.1, -0.05) is 18.7 Å². The van der Waals surface area contributed by atoms with Gasteiger partial charge in [-0.15, -0.1) is 0 Å². The first-order valence-corrected chi connectivity index (χ1v) is 5.40. The van der Waals surface area contributed by atoms with E-state index >= 15 is 0 Å². The fourth-order valence-electron chi connectivity index (χ4n) is 1.07. The van der Waals surface area contributed by atoms with Crippen molar-refractivity contribution in [3.8, 4) is 0 Å². The Labute approximate surface area is 85.6 Å². The lowest BCUT2D eigenvalue weighted by Crippen LogP contribution is -2.38. The van der Waals surface area contributed by atoms with E-state index in [2.05, 4.69) is 9.97 Å². The van der Waals surface area contributed by atoms with Crippen molar-refractivity contribution in [2.45, 2.75) is 32.0 Å². The Morgan fingerprint density at radius 3 is 2.57 bits per heavy atom. The molecule has 0 spiro atoms. The number of aromatic amines is 1. The molecule has 78 valence electrons. The standard InChI is InChI=1S/C8H13N3O2S/c1-4-14-6-9-7(12)11(5(2)3)8(13)10-6/h5H,4H2,1-3H3,(H,9,10,12,13). The summed E-state index contributed by atoms with van der Waals surface area (Å²) >= 11 is 1.34. The molecular weight excluding hydrogens is 202 g/mol. The monoisotopic (exact) mass is 215 g/mol. The van der Waals surface area contributed by atoms with Crippen LogP contribution in [0, 0.1) is 0 Å². The van der Waals surface area contributed by atoms with Gasteiger partial charge in [0.05, 0.1) is 0 Å². The van der Waals surface area contributed by atoms with Crippen LogP contribution in [0.1, 0.15) is 26.8 Å². The number of hydrogen-bond acceptors (Lipinski definition) is 4. The van der Waals surface area contributed by atoms with Crippen LogP contribution >= 0.6 is 11.8 Å². The van der Waals surface area contributed by atoms with Gasteiger partial charge in [-0.2, -0.15) is 4.98 Å². The van der Waals surface area contributed by atoms with Crippen LogP contribution in [0.3, 0.4) is 0 Å². The molecule has 0 atom stereocenters. The average molecular weight is 215 g/mol. The summed E-state index contributed by atoms with van der Waals surface area (Å²) in [4.78, 5) is 29.1. The van der Waals surface area contributed by atoms with Crippen LogP contribution < -0.4 is 11.4 Å². The largest absolute Gasteiger partial charge is 0.354 e. The molecule has 1 rings (SSSR count). The number of hydrogen-bond donors (Lipinski definition) is 1. The van der Waals surface area contributed by atoms with E-state index < -0.39 is 11.4 Å². The Balaban J connectivity index is 3.26. The van der Waals surface area contributed by atoms with Crippen molar-refractivity contribution < 1.29 is 0 Å². The van der Waals surface area contributed by atoms with Crippen molar-refractivity contribution in [1.82, 2.24) is 14.5 Å². The van der Waals surface area contributed by atoms with Crippen molar-refractivity contribution in [2.24, 2.45) is 0 Å². The molecule has 1 N–H and O–H groups in total. The molecule has 1 aromatic rings. The predicted molar refractivity (Wildman–Crippen MR) is 55.9 cm³/mol. The molecule has 1 aromatic heterocycles. The van der Waals surface area contributed by atoms with Crippen molar-refractivity contribution in [2.75, 3.05) is 5.75 Å². The zero-order valence-electron chi connectivity index (χ0n) is 8.40. The summed E-state index contributed by atoms with van der Waals surface area (Å²) < 4.78 is 1.10.